The normalized spacial score (nSPS) is 11.1. The van der Waals surface area contributed by atoms with Crippen molar-refractivity contribution in [1.29, 1.82) is 0 Å². The lowest BCUT2D eigenvalue weighted by Gasteiger charge is -2.15. The first-order valence-electron chi connectivity index (χ1n) is 8.88. The van der Waals surface area contributed by atoms with E-state index in [4.69, 9.17) is 9.15 Å². The van der Waals surface area contributed by atoms with E-state index in [1.54, 1.807) is 19.1 Å². The molecule has 2 amide bonds. The third-order valence-corrected chi connectivity index (χ3v) is 3.98. The van der Waals surface area contributed by atoms with Gasteiger partial charge in [0.25, 0.3) is 11.8 Å². The van der Waals surface area contributed by atoms with Crippen molar-refractivity contribution in [2.75, 3.05) is 17.2 Å². The minimum absolute atomic E-state index is 0.0928. The molecule has 0 saturated carbocycles. The molecule has 0 bridgehead atoms. The van der Waals surface area contributed by atoms with Crippen molar-refractivity contribution in [3.63, 3.8) is 0 Å². The molecular formula is C21H17F3N2O4. The summed E-state index contributed by atoms with van der Waals surface area (Å²) in [6.45, 7) is 1.89. The Morgan fingerprint density at radius 3 is 2.47 bits per heavy atom. The fourth-order valence-electron chi connectivity index (χ4n) is 2.62. The van der Waals surface area contributed by atoms with Crippen LogP contribution >= 0.6 is 0 Å². The molecule has 0 aliphatic rings. The molecule has 1 heterocycles. The molecule has 2 N–H and O–H groups in total. The first kappa shape index (κ1) is 21.0. The lowest BCUT2D eigenvalue weighted by molar-refractivity contribution is -0.137. The standard InChI is InChI=1S/C21H17F3N2O4/c1-2-29-17-9-8-14(21(22,23)24)12-16(17)26-19(27)13-5-3-6-15(11-13)25-20(28)18-7-4-10-30-18/h3-12H,2H2,1H3,(H,25,28)(H,26,27). The average molecular weight is 418 g/mol. The average Bonchev–Trinajstić information content (AvgIpc) is 3.24. The van der Waals surface area contributed by atoms with E-state index < -0.39 is 23.6 Å². The van der Waals surface area contributed by atoms with E-state index in [1.165, 1.54) is 30.5 Å². The van der Waals surface area contributed by atoms with Crippen LogP contribution in [0.2, 0.25) is 0 Å². The van der Waals surface area contributed by atoms with Crippen LogP contribution < -0.4 is 15.4 Å². The Morgan fingerprint density at radius 1 is 1.00 bits per heavy atom. The van der Waals surface area contributed by atoms with Crippen molar-refractivity contribution in [3.05, 3.63) is 77.7 Å². The molecule has 0 radical (unpaired) electrons. The zero-order chi connectivity index (χ0) is 21.7. The van der Waals surface area contributed by atoms with E-state index >= 15 is 0 Å². The smallest absolute Gasteiger partial charge is 0.416 e. The number of rotatable bonds is 6. The predicted octanol–water partition coefficient (Wildman–Crippen LogP) is 5.20. The van der Waals surface area contributed by atoms with Crippen LogP contribution in [0.5, 0.6) is 5.75 Å². The summed E-state index contributed by atoms with van der Waals surface area (Å²) < 4.78 is 49.4. The van der Waals surface area contributed by atoms with Crippen molar-refractivity contribution in [3.8, 4) is 5.75 Å². The fourth-order valence-corrected chi connectivity index (χ4v) is 2.62. The summed E-state index contributed by atoms with van der Waals surface area (Å²) in [5.41, 5.74) is -0.576. The topological polar surface area (TPSA) is 80.6 Å². The number of ether oxygens (including phenoxy) is 1. The van der Waals surface area contributed by atoms with Crippen LogP contribution in [-0.2, 0) is 6.18 Å². The minimum Gasteiger partial charge on any atom is -0.492 e. The van der Waals surface area contributed by atoms with Crippen LogP contribution in [-0.4, -0.2) is 18.4 Å². The van der Waals surface area contributed by atoms with Gasteiger partial charge in [-0.3, -0.25) is 9.59 Å². The molecule has 0 spiro atoms. The van der Waals surface area contributed by atoms with Crippen LogP contribution in [0, 0.1) is 0 Å². The quantitative estimate of drug-likeness (QED) is 0.577. The van der Waals surface area contributed by atoms with Crippen LogP contribution in [0.4, 0.5) is 24.5 Å². The van der Waals surface area contributed by atoms with Gasteiger partial charge in [-0.1, -0.05) is 6.07 Å². The molecular weight excluding hydrogens is 401 g/mol. The summed E-state index contributed by atoms with van der Waals surface area (Å²) in [6, 6.07) is 11.8. The Morgan fingerprint density at radius 2 is 1.80 bits per heavy atom. The molecule has 156 valence electrons. The molecule has 0 aliphatic carbocycles. The third kappa shape index (κ3) is 4.99. The van der Waals surface area contributed by atoms with Gasteiger partial charge < -0.3 is 19.8 Å². The molecule has 1 aromatic heterocycles. The Labute approximate surface area is 169 Å². The number of carbonyl (C=O) groups excluding carboxylic acids is 2. The summed E-state index contributed by atoms with van der Waals surface area (Å²) in [6.07, 6.45) is -3.22. The number of nitrogens with one attached hydrogen (secondary N) is 2. The Bertz CT molecular complexity index is 1050. The Hall–Kier alpha value is -3.75. The molecule has 30 heavy (non-hydrogen) atoms. The number of furan rings is 1. The molecule has 0 saturated heterocycles. The highest BCUT2D eigenvalue weighted by molar-refractivity contribution is 6.07. The maximum absolute atomic E-state index is 13.0. The van der Waals surface area contributed by atoms with Crippen LogP contribution in [0.15, 0.2) is 65.3 Å². The lowest BCUT2D eigenvalue weighted by atomic mass is 10.1. The van der Waals surface area contributed by atoms with Crippen LogP contribution in [0.1, 0.15) is 33.4 Å². The van der Waals surface area contributed by atoms with Crippen molar-refractivity contribution in [2.24, 2.45) is 0 Å². The van der Waals surface area contributed by atoms with E-state index in [0.717, 1.165) is 18.2 Å². The highest BCUT2D eigenvalue weighted by Crippen LogP contribution is 2.35. The lowest BCUT2D eigenvalue weighted by Crippen LogP contribution is -2.16. The molecule has 3 rings (SSSR count). The highest BCUT2D eigenvalue weighted by atomic mass is 19.4. The Kier molecular flexibility index (Phi) is 6.10. The van der Waals surface area contributed by atoms with Crippen molar-refractivity contribution >= 4 is 23.2 Å². The van der Waals surface area contributed by atoms with Crippen LogP contribution in [0.25, 0.3) is 0 Å². The fraction of sp³-hybridized carbons (Fsp3) is 0.143. The summed E-state index contributed by atoms with van der Waals surface area (Å²) in [7, 11) is 0. The second-order valence-corrected chi connectivity index (χ2v) is 6.11. The molecule has 3 aromatic rings. The zero-order valence-electron chi connectivity index (χ0n) is 15.7. The number of halogens is 3. The monoisotopic (exact) mass is 418 g/mol. The Balaban J connectivity index is 1.81. The zero-order valence-corrected chi connectivity index (χ0v) is 15.7. The van der Waals surface area contributed by atoms with E-state index in [1.807, 2.05) is 0 Å². The summed E-state index contributed by atoms with van der Waals surface area (Å²) in [4.78, 5) is 24.7. The molecule has 6 nitrogen and oxygen atoms in total. The van der Waals surface area contributed by atoms with Gasteiger partial charge in [0.05, 0.1) is 24.1 Å². The number of carbonyl (C=O) groups is 2. The third-order valence-electron chi connectivity index (χ3n) is 3.98. The summed E-state index contributed by atoms with van der Waals surface area (Å²) in [5, 5.41) is 5.02. The van der Waals surface area contributed by atoms with Crippen molar-refractivity contribution in [1.82, 2.24) is 0 Å². The van der Waals surface area contributed by atoms with Gasteiger partial charge >= 0.3 is 6.18 Å². The van der Waals surface area contributed by atoms with E-state index in [9.17, 15) is 22.8 Å². The number of benzene rings is 2. The van der Waals surface area contributed by atoms with E-state index in [2.05, 4.69) is 10.6 Å². The summed E-state index contributed by atoms with van der Waals surface area (Å²) >= 11 is 0. The van der Waals surface area contributed by atoms with Crippen molar-refractivity contribution in [2.45, 2.75) is 13.1 Å². The number of anilines is 2. The second kappa shape index (κ2) is 8.73. The molecule has 2 aromatic carbocycles. The maximum atomic E-state index is 13.0. The van der Waals surface area contributed by atoms with Gasteiger partial charge in [-0.15, -0.1) is 0 Å². The van der Waals surface area contributed by atoms with Crippen molar-refractivity contribution < 1.29 is 31.9 Å². The largest absolute Gasteiger partial charge is 0.492 e. The summed E-state index contributed by atoms with van der Waals surface area (Å²) in [5.74, 6) is -0.963. The van der Waals surface area contributed by atoms with Gasteiger partial charge in [-0.2, -0.15) is 13.2 Å². The highest BCUT2D eigenvalue weighted by Gasteiger charge is 2.31. The number of alkyl halides is 3. The van der Waals surface area contributed by atoms with Gasteiger partial charge in [0.2, 0.25) is 0 Å². The minimum atomic E-state index is -4.57. The van der Waals surface area contributed by atoms with Crippen LogP contribution in [0.3, 0.4) is 0 Å². The second-order valence-electron chi connectivity index (χ2n) is 6.11. The van der Waals surface area contributed by atoms with Gasteiger partial charge in [-0.25, -0.2) is 0 Å². The number of hydrogen-bond donors (Lipinski definition) is 2. The first-order valence-corrected chi connectivity index (χ1v) is 8.88. The van der Waals surface area contributed by atoms with E-state index in [0.29, 0.717) is 5.69 Å². The number of amides is 2. The molecule has 0 unspecified atom stereocenters. The number of hydrogen-bond acceptors (Lipinski definition) is 4. The molecule has 0 fully saturated rings. The molecule has 0 atom stereocenters. The van der Waals surface area contributed by atoms with Gasteiger partial charge in [0.1, 0.15) is 5.75 Å². The SMILES string of the molecule is CCOc1ccc(C(F)(F)F)cc1NC(=O)c1cccc(NC(=O)c2ccco2)c1. The first-order chi connectivity index (χ1) is 14.3. The van der Waals surface area contributed by atoms with Gasteiger partial charge in [-0.05, 0) is 55.5 Å². The predicted molar refractivity (Wildman–Crippen MR) is 104 cm³/mol. The van der Waals surface area contributed by atoms with E-state index in [-0.39, 0.29) is 29.4 Å². The molecule has 9 heteroatoms. The molecule has 0 aliphatic heterocycles. The van der Waals surface area contributed by atoms with Gasteiger partial charge in [0.15, 0.2) is 5.76 Å². The van der Waals surface area contributed by atoms with Gasteiger partial charge in [0, 0.05) is 11.3 Å². The maximum Gasteiger partial charge on any atom is 0.416 e.